The molecule has 1 aromatic rings. The summed E-state index contributed by atoms with van der Waals surface area (Å²) >= 11 is 0. The average Bonchev–Trinajstić information content (AvgIpc) is 2.91. The van der Waals surface area contributed by atoms with E-state index in [1.165, 1.54) is 0 Å². The highest BCUT2D eigenvalue weighted by atomic mass is 16.3. The summed E-state index contributed by atoms with van der Waals surface area (Å²) in [5.74, 6) is 0.660. The van der Waals surface area contributed by atoms with Crippen LogP contribution in [-0.4, -0.2) is 29.2 Å². The highest BCUT2D eigenvalue weighted by Crippen LogP contribution is 2.18. The second-order valence-corrected chi connectivity index (χ2v) is 5.14. The largest absolute Gasteiger partial charge is 0.467 e. The molecule has 1 aliphatic rings. The van der Waals surface area contributed by atoms with Gasteiger partial charge in [-0.1, -0.05) is 12.8 Å². The Hall–Kier alpha value is -1.33. The van der Waals surface area contributed by atoms with Crippen LogP contribution in [0.1, 0.15) is 38.4 Å². The summed E-state index contributed by atoms with van der Waals surface area (Å²) < 4.78 is 5.16. The van der Waals surface area contributed by atoms with Crippen molar-refractivity contribution in [3.63, 3.8) is 0 Å². The normalized spacial score (nSPS) is 24.9. The summed E-state index contributed by atoms with van der Waals surface area (Å²) in [6.07, 6.45) is 5.17. The van der Waals surface area contributed by atoms with Gasteiger partial charge < -0.3 is 20.2 Å². The molecule has 1 heterocycles. The predicted octanol–water partition coefficient (Wildman–Crippen LogP) is 1.18. The molecule has 3 unspecified atom stereocenters. The fourth-order valence-electron chi connectivity index (χ4n) is 2.44. The van der Waals surface area contributed by atoms with E-state index in [1.807, 2.05) is 13.0 Å². The van der Waals surface area contributed by atoms with Gasteiger partial charge in [0.2, 0.25) is 5.91 Å². The summed E-state index contributed by atoms with van der Waals surface area (Å²) in [6.45, 7) is 2.21. The van der Waals surface area contributed by atoms with Gasteiger partial charge in [-0.25, -0.2) is 0 Å². The van der Waals surface area contributed by atoms with Crippen molar-refractivity contribution in [2.45, 2.75) is 57.3 Å². The Balaban J connectivity index is 1.75. The van der Waals surface area contributed by atoms with Crippen molar-refractivity contribution in [1.29, 1.82) is 0 Å². The van der Waals surface area contributed by atoms with Crippen LogP contribution in [0.2, 0.25) is 0 Å². The number of nitrogens with one attached hydrogen (secondary N) is 2. The highest BCUT2D eigenvalue weighted by Gasteiger charge is 2.26. The van der Waals surface area contributed by atoms with Crippen molar-refractivity contribution in [2.24, 2.45) is 0 Å². The average molecular weight is 266 g/mol. The van der Waals surface area contributed by atoms with Crippen LogP contribution in [-0.2, 0) is 11.3 Å². The third-order valence-corrected chi connectivity index (χ3v) is 3.60. The molecule has 0 spiro atoms. The minimum Gasteiger partial charge on any atom is -0.467 e. The van der Waals surface area contributed by atoms with E-state index in [2.05, 4.69) is 10.6 Å². The molecule has 106 valence electrons. The molecule has 5 heteroatoms. The molecular weight excluding hydrogens is 244 g/mol. The maximum Gasteiger partial charge on any atom is 0.237 e. The second-order valence-electron chi connectivity index (χ2n) is 5.14. The lowest BCUT2D eigenvalue weighted by Crippen LogP contribution is -2.51. The number of carbonyl (C=O) groups excluding carboxylic acids is 1. The Kier molecular flexibility index (Phi) is 4.99. The molecule has 1 amide bonds. The van der Waals surface area contributed by atoms with E-state index in [0.717, 1.165) is 31.4 Å². The summed E-state index contributed by atoms with van der Waals surface area (Å²) in [6, 6.07) is 3.33. The minimum atomic E-state index is -0.339. The molecule has 1 aliphatic carbocycles. The van der Waals surface area contributed by atoms with Gasteiger partial charge in [-0.15, -0.1) is 0 Å². The highest BCUT2D eigenvalue weighted by molar-refractivity contribution is 5.81. The second kappa shape index (κ2) is 6.73. The molecule has 3 atom stereocenters. The van der Waals surface area contributed by atoms with Crippen molar-refractivity contribution < 1.29 is 14.3 Å². The molecule has 3 N–H and O–H groups in total. The molecule has 0 saturated heterocycles. The number of hydrogen-bond donors (Lipinski definition) is 3. The molecule has 1 fully saturated rings. The summed E-state index contributed by atoms with van der Waals surface area (Å²) in [5, 5.41) is 15.9. The van der Waals surface area contributed by atoms with Crippen molar-refractivity contribution >= 4 is 5.91 Å². The first-order chi connectivity index (χ1) is 9.16. The van der Waals surface area contributed by atoms with Gasteiger partial charge in [0.05, 0.1) is 25.0 Å². The molecule has 1 aromatic heterocycles. The minimum absolute atomic E-state index is 0.0260. The molecule has 0 aliphatic heterocycles. The SMILES string of the molecule is CC(NC1CCCCC1O)C(=O)NCc1ccco1. The van der Waals surface area contributed by atoms with Crippen LogP contribution in [0.25, 0.3) is 0 Å². The van der Waals surface area contributed by atoms with Gasteiger partial charge in [-0.3, -0.25) is 4.79 Å². The van der Waals surface area contributed by atoms with E-state index in [4.69, 9.17) is 4.42 Å². The van der Waals surface area contributed by atoms with Gasteiger partial charge >= 0.3 is 0 Å². The van der Waals surface area contributed by atoms with E-state index in [9.17, 15) is 9.90 Å². The van der Waals surface area contributed by atoms with E-state index in [-0.39, 0.29) is 24.1 Å². The molecular formula is C14H22N2O3. The van der Waals surface area contributed by atoms with Gasteiger partial charge in [-0.05, 0) is 31.9 Å². The first-order valence-corrected chi connectivity index (χ1v) is 6.91. The number of carbonyl (C=O) groups is 1. The Labute approximate surface area is 113 Å². The van der Waals surface area contributed by atoms with Gasteiger partial charge in [0, 0.05) is 6.04 Å². The summed E-state index contributed by atoms with van der Waals surface area (Å²) in [7, 11) is 0. The third-order valence-electron chi connectivity index (χ3n) is 3.60. The molecule has 0 bridgehead atoms. The lowest BCUT2D eigenvalue weighted by molar-refractivity contribution is -0.123. The van der Waals surface area contributed by atoms with Gasteiger partial charge in [0.25, 0.3) is 0 Å². The van der Waals surface area contributed by atoms with E-state index in [0.29, 0.717) is 6.54 Å². The molecule has 2 rings (SSSR count). The number of aliphatic hydroxyl groups excluding tert-OH is 1. The molecule has 1 saturated carbocycles. The van der Waals surface area contributed by atoms with Crippen LogP contribution < -0.4 is 10.6 Å². The maximum atomic E-state index is 11.9. The number of aliphatic hydroxyl groups is 1. The van der Waals surface area contributed by atoms with E-state index >= 15 is 0 Å². The number of hydrogen-bond acceptors (Lipinski definition) is 4. The zero-order valence-corrected chi connectivity index (χ0v) is 11.3. The lowest BCUT2D eigenvalue weighted by atomic mass is 9.92. The summed E-state index contributed by atoms with van der Waals surface area (Å²) in [5.41, 5.74) is 0. The first kappa shape index (κ1) is 14.1. The lowest BCUT2D eigenvalue weighted by Gasteiger charge is -2.30. The fraction of sp³-hybridized carbons (Fsp3) is 0.643. The zero-order valence-electron chi connectivity index (χ0n) is 11.3. The smallest absolute Gasteiger partial charge is 0.237 e. The van der Waals surface area contributed by atoms with Crippen LogP contribution in [0.5, 0.6) is 0 Å². The fourth-order valence-corrected chi connectivity index (χ4v) is 2.44. The Morgan fingerprint density at radius 2 is 2.32 bits per heavy atom. The van der Waals surface area contributed by atoms with Crippen molar-refractivity contribution in [2.75, 3.05) is 0 Å². The maximum absolute atomic E-state index is 11.9. The predicted molar refractivity (Wildman–Crippen MR) is 71.4 cm³/mol. The van der Waals surface area contributed by atoms with Crippen molar-refractivity contribution in [3.05, 3.63) is 24.2 Å². The zero-order chi connectivity index (χ0) is 13.7. The van der Waals surface area contributed by atoms with Crippen LogP contribution >= 0.6 is 0 Å². The molecule has 5 nitrogen and oxygen atoms in total. The first-order valence-electron chi connectivity index (χ1n) is 6.91. The molecule has 0 aromatic carbocycles. The molecule has 19 heavy (non-hydrogen) atoms. The van der Waals surface area contributed by atoms with Crippen LogP contribution in [0.3, 0.4) is 0 Å². The number of furan rings is 1. The van der Waals surface area contributed by atoms with Gasteiger partial charge in [0.1, 0.15) is 5.76 Å². The Bertz CT molecular complexity index is 391. The standard InChI is InChI=1S/C14H22N2O3/c1-10(16-12-6-2-3-7-13(12)17)14(18)15-9-11-5-4-8-19-11/h4-5,8,10,12-13,16-17H,2-3,6-7,9H2,1H3,(H,15,18). The number of amides is 1. The Morgan fingerprint density at radius 3 is 3.00 bits per heavy atom. The van der Waals surface area contributed by atoms with Crippen molar-refractivity contribution in [3.8, 4) is 0 Å². The topological polar surface area (TPSA) is 74.5 Å². The van der Waals surface area contributed by atoms with Gasteiger partial charge in [-0.2, -0.15) is 0 Å². The van der Waals surface area contributed by atoms with Crippen molar-refractivity contribution in [1.82, 2.24) is 10.6 Å². The Morgan fingerprint density at radius 1 is 1.53 bits per heavy atom. The van der Waals surface area contributed by atoms with Crippen LogP contribution in [0, 0.1) is 0 Å². The van der Waals surface area contributed by atoms with Gasteiger partial charge in [0.15, 0.2) is 0 Å². The third kappa shape index (κ3) is 4.08. The summed E-state index contributed by atoms with van der Waals surface area (Å²) in [4.78, 5) is 11.9. The van der Waals surface area contributed by atoms with Crippen LogP contribution in [0.15, 0.2) is 22.8 Å². The quantitative estimate of drug-likeness (QED) is 0.748. The van der Waals surface area contributed by atoms with Crippen LogP contribution in [0.4, 0.5) is 0 Å². The number of rotatable bonds is 5. The molecule has 0 radical (unpaired) electrons. The van der Waals surface area contributed by atoms with E-state index < -0.39 is 0 Å². The van der Waals surface area contributed by atoms with E-state index in [1.54, 1.807) is 12.3 Å². The monoisotopic (exact) mass is 266 g/mol.